The fraction of sp³-hybridized carbons (Fsp3) is 0.963. The van der Waals surface area contributed by atoms with Crippen molar-refractivity contribution in [2.75, 3.05) is 0 Å². The maximum atomic E-state index is 11.5. The Labute approximate surface area is 190 Å². The van der Waals surface area contributed by atoms with Crippen LogP contribution in [0.4, 0.5) is 0 Å². The minimum absolute atomic E-state index is 0.341. The van der Waals surface area contributed by atoms with Gasteiger partial charge < -0.3 is 0 Å². The summed E-state index contributed by atoms with van der Waals surface area (Å²) >= 11 is 0. The Morgan fingerprint density at radius 3 is 2.45 bits per heavy atom. The van der Waals surface area contributed by atoms with Crippen LogP contribution in [0.2, 0.25) is 0 Å². The molecule has 0 N–H and O–H groups in total. The normalized spacial score (nSPS) is 44.6. The van der Waals surface area contributed by atoms with E-state index in [9.17, 15) is 10.1 Å². The van der Waals surface area contributed by atoms with Crippen molar-refractivity contribution in [3.63, 3.8) is 0 Å². The Bertz CT molecular complexity index is 703. The van der Waals surface area contributed by atoms with Gasteiger partial charge in [0.1, 0.15) is 0 Å². The molecule has 8 atom stereocenters. The Kier molecular flexibility index (Phi) is 6.58. The molecule has 4 rings (SSSR count). The smallest absolute Gasteiger partial charge is 0.190 e. The Morgan fingerprint density at radius 1 is 1.00 bits per heavy atom. The molecular formula is C27H46N2O2. The average Bonchev–Trinajstić information content (AvgIpc) is 3.04. The van der Waals surface area contributed by atoms with Gasteiger partial charge in [0.25, 0.3) is 0 Å². The number of fused-ring (bicyclic) bond motifs is 5. The summed E-state index contributed by atoms with van der Waals surface area (Å²) in [5.74, 6) is 4.51. The largest absolute Gasteiger partial charge is 0.233 e. The summed E-state index contributed by atoms with van der Waals surface area (Å²) in [5, 5.41) is 15.2. The van der Waals surface area contributed by atoms with Crippen LogP contribution in [0, 0.1) is 62.4 Å². The first-order valence-corrected chi connectivity index (χ1v) is 13.4. The minimum atomic E-state index is -0.384. The van der Waals surface area contributed by atoms with Crippen molar-refractivity contribution in [1.29, 1.82) is 0 Å². The number of nitro groups is 1. The zero-order valence-corrected chi connectivity index (χ0v) is 20.7. The minimum Gasteiger partial charge on any atom is -0.233 e. The summed E-state index contributed by atoms with van der Waals surface area (Å²) in [7, 11) is 0. The molecule has 4 saturated carbocycles. The topological polar surface area (TPSA) is 55.5 Å². The standard InChI is InChI=1S/C27H46N2O2/c1-18(2)9-8-10-19(3)21-12-13-22-25-23(14-16-27(21,22)5)26(4)15-7-6-11-20(26)17-24(25)28-29(30)31/h18-23,25H,6-17H2,1-5H3/b28-24-/t19-,20-,21?,22?,23?,25?,26?,27?/m1/s1. The molecule has 0 spiro atoms. The first-order valence-electron chi connectivity index (χ1n) is 13.4. The van der Waals surface area contributed by atoms with Crippen LogP contribution in [0.1, 0.15) is 112 Å². The molecule has 0 aromatic heterocycles. The highest BCUT2D eigenvalue weighted by Crippen LogP contribution is 2.67. The lowest BCUT2D eigenvalue weighted by molar-refractivity contribution is -0.485. The molecular weight excluding hydrogens is 384 g/mol. The molecule has 4 aliphatic rings. The van der Waals surface area contributed by atoms with Crippen LogP contribution < -0.4 is 0 Å². The quantitative estimate of drug-likeness (QED) is 0.319. The first-order chi connectivity index (χ1) is 14.7. The third-order valence-corrected chi connectivity index (χ3v) is 10.8. The van der Waals surface area contributed by atoms with Gasteiger partial charge in [-0.25, -0.2) is 10.1 Å². The molecule has 4 nitrogen and oxygen atoms in total. The van der Waals surface area contributed by atoms with Crippen LogP contribution in [-0.2, 0) is 0 Å². The van der Waals surface area contributed by atoms with E-state index in [1.807, 2.05) is 0 Å². The molecule has 4 heteroatoms. The summed E-state index contributed by atoms with van der Waals surface area (Å²) in [6.07, 6.45) is 15.3. The van der Waals surface area contributed by atoms with Crippen molar-refractivity contribution in [1.82, 2.24) is 0 Å². The van der Waals surface area contributed by atoms with Gasteiger partial charge in [-0.15, -0.1) is 0 Å². The Hall–Kier alpha value is -0.930. The van der Waals surface area contributed by atoms with E-state index in [2.05, 4.69) is 39.7 Å². The predicted molar refractivity (Wildman–Crippen MR) is 127 cm³/mol. The van der Waals surface area contributed by atoms with E-state index in [1.165, 1.54) is 70.6 Å². The van der Waals surface area contributed by atoms with Crippen LogP contribution >= 0.6 is 0 Å². The number of nitrogens with zero attached hydrogens (tertiary/aromatic N) is 2. The van der Waals surface area contributed by atoms with Crippen LogP contribution in [0.5, 0.6) is 0 Å². The lowest BCUT2D eigenvalue weighted by Crippen LogP contribution is -2.56. The zero-order chi connectivity index (χ0) is 22.4. The monoisotopic (exact) mass is 430 g/mol. The van der Waals surface area contributed by atoms with Crippen molar-refractivity contribution in [3.05, 3.63) is 10.1 Å². The van der Waals surface area contributed by atoms with E-state index in [4.69, 9.17) is 0 Å². The van der Waals surface area contributed by atoms with Gasteiger partial charge in [-0.05, 0) is 91.3 Å². The molecule has 176 valence electrons. The van der Waals surface area contributed by atoms with E-state index in [0.29, 0.717) is 34.5 Å². The third-order valence-electron chi connectivity index (χ3n) is 10.8. The lowest BCUT2D eigenvalue weighted by Gasteiger charge is -2.60. The van der Waals surface area contributed by atoms with Crippen molar-refractivity contribution in [2.45, 2.75) is 112 Å². The van der Waals surface area contributed by atoms with Crippen molar-refractivity contribution >= 4 is 5.71 Å². The van der Waals surface area contributed by atoms with Crippen LogP contribution in [-0.4, -0.2) is 10.7 Å². The van der Waals surface area contributed by atoms with E-state index in [0.717, 1.165) is 29.9 Å². The second-order valence-corrected chi connectivity index (χ2v) is 12.8. The maximum Gasteiger partial charge on any atom is 0.190 e. The molecule has 31 heavy (non-hydrogen) atoms. The van der Waals surface area contributed by atoms with Gasteiger partial charge in [-0.3, -0.25) is 0 Å². The summed E-state index contributed by atoms with van der Waals surface area (Å²) in [4.78, 5) is 11.5. The molecule has 6 unspecified atom stereocenters. The van der Waals surface area contributed by atoms with Crippen molar-refractivity contribution < 1.29 is 5.03 Å². The molecule has 0 aliphatic heterocycles. The molecule has 0 aromatic rings. The Morgan fingerprint density at radius 2 is 1.74 bits per heavy atom. The average molecular weight is 431 g/mol. The summed E-state index contributed by atoms with van der Waals surface area (Å²) < 4.78 is 0. The molecule has 4 aliphatic carbocycles. The first kappa shape index (κ1) is 23.2. The predicted octanol–water partition coefficient (Wildman–Crippen LogP) is 7.74. The zero-order valence-electron chi connectivity index (χ0n) is 20.7. The fourth-order valence-electron chi connectivity index (χ4n) is 9.22. The highest BCUT2D eigenvalue weighted by atomic mass is 16.7. The van der Waals surface area contributed by atoms with Gasteiger partial charge in [0, 0.05) is 5.92 Å². The van der Waals surface area contributed by atoms with Crippen molar-refractivity contribution in [3.8, 4) is 0 Å². The molecule has 0 bridgehead atoms. The second kappa shape index (κ2) is 8.78. The maximum absolute atomic E-state index is 11.5. The van der Waals surface area contributed by atoms with Gasteiger partial charge in [-0.2, -0.15) is 0 Å². The number of hydrogen-bond acceptors (Lipinski definition) is 2. The molecule has 0 saturated heterocycles. The highest BCUT2D eigenvalue weighted by molar-refractivity contribution is 5.88. The van der Waals surface area contributed by atoms with E-state index in [-0.39, 0.29) is 5.03 Å². The highest BCUT2D eigenvalue weighted by Gasteiger charge is 2.62. The summed E-state index contributed by atoms with van der Waals surface area (Å²) in [6.45, 7) is 12.3. The lowest BCUT2D eigenvalue weighted by atomic mass is 9.44. The SMILES string of the molecule is CC(C)CCC[C@@H](C)C1CCC2C3/C(=N\[N+](=O)[O-])C[C@H]4CCCCC4(C)C3CCC21C. The molecule has 0 amide bonds. The molecule has 0 aromatic carbocycles. The molecule has 0 heterocycles. The van der Waals surface area contributed by atoms with E-state index < -0.39 is 0 Å². The summed E-state index contributed by atoms with van der Waals surface area (Å²) in [6, 6.07) is 0. The van der Waals surface area contributed by atoms with Gasteiger partial charge in [0.05, 0.1) is 10.8 Å². The van der Waals surface area contributed by atoms with Crippen molar-refractivity contribution in [2.24, 2.45) is 57.4 Å². The summed E-state index contributed by atoms with van der Waals surface area (Å²) in [5.41, 5.74) is 1.69. The van der Waals surface area contributed by atoms with Crippen LogP contribution in [0.25, 0.3) is 0 Å². The molecule has 4 fully saturated rings. The molecule has 0 radical (unpaired) electrons. The number of rotatable bonds is 6. The third kappa shape index (κ3) is 4.10. The number of hydrogen-bond donors (Lipinski definition) is 0. The number of hydrazone groups is 1. The van der Waals surface area contributed by atoms with Gasteiger partial charge >= 0.3 is 0 Å². The van der Waals surface area contributed by atoms with Gasteiger partial charge in [-0.1, -0.05) is 66.7 Å². The van der Waals surface area contributed by atoms with E-state index in [1.54, 1.807) is 0 Å². The Balaban J connectivity index is 1.60. The second-order valence-electron chi connectivity index (χ2n) is 12.8. The fourth-order valence-corrected chi connectivity index (χ4v) is 9.22. The van der Waals surface area contributed by atoms with Gasteiger partial charge in [0.2, 0.25) is 0 Å². The van der Waals surface area contributed by atoms with E-state index >= 15 is 0 Å². The van der Waals surface area contributed by atoms with Crippen LogP contribution in [0.15, 0.2) is 5.10 Å². The van der Waals surface area contributed by atoms with Crippen LogP contribution in [0.3, 0.4) is 0 Å². The van der Waals surface area contributed by atoms with Gasteiger partial charge in [0.15, 0.2) is 5.03 Å².